The van der Waals surface area contributed by atoms with Gasteiger partial charge in [-0.1, -0.05) is 57.9 Å². The quantitative estimate of drug-likeness (QED) is 0.194. The van der Waals surface area contributed by atoms with Crippen molar-refractivity contribution in [2.75, 3.05) is 13.1 Å². The predicted octanol–water partition coefficient (Wildman–Crippen LogP) is 3.65. The molecule has 0 aromatic rings. The number of aliphatic carboxylic acids is 2. The summed E-state index contributed by atoms with van der Waals surface area (Å²) in [6.45, 7) is 5.24. The van der Waals surface area contributed by atoms with Crippen LogP contribution in [0.4, 0.5) is 0 Å². The third-order valence-electron chi connectivity index (χ3n) is 4.19. The number of hydrogen-bond acceptors (Lipinski definition) is 4. The van der Waals surface area contributed by atoms with E-state index in [2.05, 4.69) is 24.1 Å². The van der Waals surface area contributed by atoms with Crippen LogP contribution < -0.4 is 10.6 Å². The van der Waals surface area contributed by atoms with Crippen LogP contribution in [0, 0.1) is 0 Å². The number of carboxylic acids is 2. The Hall–Kier alpha value is -2.38. The van der Waals surface area contributed by atoms with Gasteiger partial charge in [-0.25, -0.2) is 0 Å². The molecule has 0 rings (SSSR count). The zero-order valence-electron chi connectivity index (χ0n) is 18.4. The van der Waals surface area contributed by atoms with E-state index in [1.807, 2.05) is 6.08 Å². The number of allylic oxidation sites excluding steroid dienone is 1. The second-order valence-corrected chi connectivity index (χ2v) is 7.10. The van der Waals surface area contributed by atoms with Crippen molar-refractivity contribution in [1.29, 1.82) is 0 Å². The second-order valence-electron chi connectivity index (χ2n) is 7.10. The van der Waals surface area contributed by atoms with E-state index in [9.17, 15) is 19.2 Å². The Balaban J connectivity index is 0. The van der Waals surface area contributed by atoms with Gasteiger partial charge in [-0.05, 0) is 25.7 Å². The van der Waals surface area contributed by atoms with Gasteiger partial charge >= 0.3 is 11.9 Å². The van der Waals surface area contributed by atoms with Gasteiger partial charge in [0, 0.05) is 12.8 Å². The molecule has 30 heavy (non-hydrogen) atoms. The van der Waals surface area contributed by atoms with Crippen molar-refractivity contribution in [3.63, 3.8) is 0 Å². The van der Waals surface area contributed by atoms with Crippen LogP contribution >= 0.6 is 0 Å². The Labute approximate surface area is 180 Å². The normalized spacial score (nSPS) is 9.77. The Morgan fingerprint density at radius 3 is 1.50 bits per heavy atom. The third kappa shape index (κ3) is 27.8. The van der Waals surface area contributed by atoms with E-state index in [-0.39, 0.29) is 24.9 Å². The molecule has 0 saturated heterocycles. The van der Waals surface area contributed by atoms with Gasteiger partial charge in [-0.2, -0.15) is 0 Å². The summed E-state index contributed by atoms with van der Waals surface area (Å²) in [6.07, 6.45) is 14.6. The lowest BCUT2D eigenvalue weighted by atomic mass is 10.1. The highest BCUT2D eigenvalue weighted by Crippen LogP contribution is 2.07. The fourth-order valence-electron chi connectivity index (χ4n) is 2.52. The maximum absolute atomic E-state index is 11.1. The first-order chi connectivity index (χ1) is 14.3. The molecule has 0 unspecified atom stereocenters. The van der Waals surface area contributed by atoms with E-state index in [1.165, 1.54) is 19.3 Å². The molecule has 0 aliphatic rings. The summed E-state index contributed by atoms with van der Waals surface area (Å²) in [5.74, 6) is -2.33. The molecule has 0 aliphatic heterocycles. The highest BCUT2D eigenvalue weighted by molar-refractivity contribution is 5.81. The molecular formula is C22H40N2O6. The molecule has 8 heteroatoms. The van der Waals surface area contributed by atoms with Gasteiger partial charge in [-0.15, -0.1) is 6.58 Å². The van der Waals surface area contributed by atoms with Crippen molar-refractivity contribution >= 4 is 23.8 Å². The summed E-state index contributed by atoms with van der Waals surface area (Å²) in [5.41, 5.74) is 0. The number of carboxylic acid groups (broad SMARTS) is 2. The largest absolute Gasteiger partial charge is 0.480 e. The molecule has 0 aliphatic carbocycles. The maximum atomic E-state index is 11.1. The molecule has 0 radical (unpaired) electrons. The zero-order chi connectivity index (χ0) is 23.0. The summed E-state index contributed by atoms with van der Waals surface area (Å²) < 4.78 is 0. The van der Waals surface area contributed by atoms with E-state index < -0.39 is 11.9 Å². The molecule has 0 heterocycles. The van der Waals surface area contributed by atoms with Gasteiger partial charge in [0.1, 0.15) is 13.1 Å². The molecule has 174 valence electrons. The SMILES string of the molecule is C=CCCCCCCCC(=O)NCC(=O)O.CCCCCCCC(=O)NCC(=O)O. The van der Waals surface area contributed by atoms with E-state index in [1.54, 1.807) is 0 Å². The first kappa shape index (κ1) is 29.8. The molecule has 8 nitrogen and oxygen atoms in total. The number of carbonyl (C=O) groups is 4. The van der Waals surface area contributed by atoms with Crippen LogP contribution in [0.2, 0.25) is 0 Å². The third-order valence-corrected chi connectivity index (χ3v) is 4.19. The number of unbranched alkanes of at least 4 members (excludes halogenated alkanes) is 9. The van der Waals surface area contributed by atoms with Crippen LogP contribution in [0.15, 0.2) is 12.7 Å². The minimum Gasteiger partial charge on any atom is -0.480 e. The minimum atomic E-state index is -1.00. The van der Waals surface area contributed by atoms with Gasteiger partial charge in [-0.3, -0.25) is 19.2 Å². The molecule has 0 atom stereocenters. The summed E-state index contributed by atoms with van der Waals surface area (Å²) >= 11 is 0. The Morgan fingerprint density at radius 2 is 1.10 bits per heavy atom. The van der Waals surface area contributed by atoms with Crippen LogP contribution in [-0.2, 0) is 19.2 Å². The van der Waals surface area contributed by atoms with Gasteiger partial charge in [0.2, 0.25) is 11.8 Å². The highest BCUT2D eigenvalue weighted by atomic mass is 16.4. The zero-order valence-corrected chi connectivity index (χ0v) is 18.4. The van der Waals surface area contributed by atoms with Gasteiger partial charge in [0.05, 0.1) is 0 Å². The monoisotopic (exact) mass is 428 g/mol. The summed E-state index contributed by atoms with van der Waals surface area (Å²) in [5, 5.41) is 21.3. The smallest absolute Gasteiger partial charge is 0.322 e. The lowest BCUT2D eigenvalue weighted by molar-refractivity contribution is -0.138. The minimum absolute atomic E-state index is 0.163. The van der Waals surface area contributed by atoms with Crippen LogP contribution in [0.25, 0.3) is 0 Å². The lowest BCUT2D eigenvalue weighted by Gasteiger charge is -2.02. The van der Waals surface area contributed by atoms with Crippen molar-refractivity contribution in [1.82, 2.24) is 10.6 Å². The number of amides is 2. The fourth-order valence-corrected chi connectivity index (χ4v) is 2.52. The molecule has 0 bridgehead atoms. The molecule has 4 N–H and O–H groups in total. The molecule has 2 amide bonds. The summed E-state index contributed by atoms with van der Waals surface area (Å²) in [7, 11) is 0. The standard InChI is InChI=1S/C12H21NO3.C10H19NO3/c1-2-3-4-5-6-7-8-9-11(14)13-10-12(15)16;1-2-3-4-5-6-7-9(12)11-8-10(13)14/h2H,1,3-10H2,(H,13,14)(H,15,16);2-8H2,1H3,(H,11,12)(H,13,14). The van der Waals surface area contributed by atoms with Gasteiger partial charge < -0.3 is 20.8 Å². The Kier molecular flexibility index (Phi) is 22.8. The summed E-state index contributed by atoms with van der Waals surface area (Å²) in [6, 6.07) is 0. The van der Waals surface area contributed by atoms with Crippen LogP contribution in [0.1, 0.15) is 90.4 Å². The molecule has 0 aromatic carbocycles. The first-order valence-corrected chi connectivity index (χ1v) is 10.9. The van der Waals surface area contributed by atoms with Crippen molar-refractivity contribution in [2.45, 2.75) is 90.4 Å². The first-order valence-electron chi connectivity index (χ1n) is 10.9. The van der Waals surface area contributed by atoms with Gasteiger partial charge in [0.25, 0.3) is 0 Å². The number of nitrogens with one attached hydrogen (secondary N) is 2. The topological polar surface area (TPSA) is 133 Å². The Bertz CT molecular complexity index is 494. The molecule has 0 saturated carbocycles. The molecular weight excluding hydrogens is 388 g/mol. The van der Waals surface area contributed by atoms with E-state index in [0.717, 1.165) is 51.4 Å². The second kappa shape index (κ2) is 22.9. The molecule has 0 aromatic heterocycles. The van der Waals surface area contributed by atoms with Crippen molar-refractivity contribution in [3.8, 4) is 0 Å². The number of carbonyl (C=O) groups excluding carboxylic acids is 2. The van der Waals surface area contributed by atoms with E-state index in [0.29, 0.717) is 12.8 Å². The highest BCUT2D eigenvalue weighted by Gasteiger charge is 2.03. The van der Waals surface area contributed by atoms with Gasteiger partial charge in [0.15, 0.2) is 0 Å². The Morgan fingerprint density at radius 1 is 0.700 bits per heavy atom. The van der Waals surface area contributed by atoms with E-state index in [4.69, 9.17) is 10.2 Å². The summed E-state index contributed by atoms with van der Waals surface area (Å²) in [4.78, 5) is 42.4. The fraction of sp³-hybridized carbons (Fsp3) is 0.727. The van der Waals surface area contributed by atoms with Crippen molar-refractivity contribution in [3.05, 3.63) is 12.7 Å². The average molecular weight is 429 g/mol. The van der Waals surface area contributed by atoms with E-state index >= 15 is 0 Å². The average Bonchev–Trinajstić information content (AvgIpc) is 2.70. The van der Waals surface area contributed by atoms with Crippen LogP contribution in [-0.4, -0.2) is 47.1 Å². The predicted molar refractivity (Wildman–Crippen MR) is 117 cm³/mol. The molecule has 0 fully saturated rings. The molecule has 0 spiro atoms. The van der Waals surface area contributed by atoms with Crippen LogP contribution in [0.3, 0.4) is 0 Å². The van der Waals surface area contributed by atoms with Crippen molar-refractivity contribution < 1.29 is 29.4 Å². The van der Waals surface area contributed by atoms with Crippen molar-refractivity contribution in [2.24, 2.45) is 0 Å². The number of rotatable bonds is 18. The lowest BCUT2D eigenvalue weighted by Crippen LogP contribution is -2.28. The van der Waals surface area contributed by atoms with Crippen LogP contribution in [0.5, 0.6) is 0 Å². The maximum Gasteiger partial charge on any atom is 0.322 e. The number of hydrogen-bond donors (Lipinski definition) is 4.